The Hall–Kier alpha value is -0.570. The maximum atomic E-state index is 11.6. The van der Waals surface area contributed by atoms with Crippen molar-refractivity contribution in [1.29, 1.82) is 0 Å². The van der Waals surface area contributed by atoms with Crippen molar-refractivity contribution >= 4 is 35.8 Å². The van der Waals surface area contributed by atoms with E-state index in [1.54, 1.807) is 0 Å². The first-order chi connectivity index (χ1) is 11.7. The molecule has 0 radical (unpaired) electrons. The van der Waals surface area contributed by atoms with Crippen LogP contribution in [-0.4, -0.2) is 62.6 Å². The minimum atomic E-state index is 0. The number of carbonyl (C=O) groups is 1. The van der Waals surface area contributed by atoms with Crippen molar-refractivity contribution in [2.24, 2.45) is 16.8 Å². The lowest BCUT2D eigenvalue weighted by Gasteiger charge is -2.31. The Labute approximate surface area is 170 Å². The van der Waals surface area contributed by atoms with Crippen molar-refractivity contribution in [3.8, 4) is 0 Å². The molecule has 1 heterocycles. The molecule has 6 nitrogen and oxygen atoms in total. The number of hydrogen-bond acceptors (Lipinski definition) is 3. The Bertz CT molecular complexity index is 406. The zero-order chi connectivity index (χ0) is 17.2. The molecule has 3 N–H and O–H groups in total. The molecule has 0 atom stereocenters. The molecule has 0 aromatic carbocycles. The van der Waals surface area contributed by atoms with Gasteiger partial charge >= 0.3 is 0 Å². The molecule has 1 saturated heterocycles. The maximum absolute atomic E-state index is 11.6. The monoisotopic (exact) mass is 465 g/mol. The van der Waals surface area contributed by atoms with Crippen LogP contribution in [0.2, 0.25) is 0 Å². The van der Waals surface area contributed by atoms with Crippen molar-refractivity contribution in [2.75, 3.05) is 45.8 Å². The van der Waals surface area contributed by atoms with Crippen LogP contribution in [0.4, 0.5) is 0 Å². The zero-order valence-corrected chi connectivity index (χ0v) is 18.2. The molecule has 1 aliphatic heterocycles. The first-order valence-electron chi connectivity index (χ1n) is 9.75. The highest BCUT2D eigenvalue weighted by Crippen LogP contribution is 2.28. The van der Waals surface area contributed by atoms with Gasteiger partial charge in [0.25, 0.3) is 0 Å². The fourth-order valence-corrected chi connectivity index (χ4v) is 3.13. The Morgan fingerprint density at radius 2 is 1.72 bits per heavy atom. The number of guanidine groups is 1. The van der Waals surface area contributed by atoms with E-state index in [4.69, 9.17) is 4.99 Å². The molecule has 1 saturated carbocycles. The fourth-order valence-electron chi connectivity index (χ4n) is 3.13. The predicted molar refractivity (Wildman–Crippen MR) is 115 cm³/mol. The van der Waals surface area contributed by atoms with Gasteiger partial charge in [-0.1, -0.05) is 6.92 Å². The van der Waals surface area contributed by atoms with Gasteiger partial charge in [-0.05, 0) is 64.6 Å². The van der Waals surface area contributed by atoms with Crippen molar-refractivity contribution in [3.05, 3.63) is 0 Å². The van der Waals surface area contributed by atoms with Gasteiger partial charge in [-0.2, -0.15) is 0 Å². The van der Waals surface area contributed by atoms with Crippen LogP contribution in [-0.2, 0) is 4.79 Å². The van der Waals surface area contributed by atoms with Crippen LogP contribution in [0.15, 0.2) is 4.99 Å². The van der Waals surface area contributed by atoms with Crippen LogP contribution in [0.5, 0.6) is 0 Å². The van der Waals surface area contributed by atoms with Crippen LogP contribution in [0.3, 0.4) is 0 Å². The van der Waals surface area contributed by atoms with E-state index < -0.39 is 0 Å². The molecule has 146 valence electrons. The molecular formula is C18H36IN5O. The smallest absolute Gasteiger partial charge is 0.223 e. The van der Waals surface area contributed by atoms with Crippen LogP contribution in [0, 0.1) is 11.8 Å². The molecule has 0 spiro atoms. The Balaban J connectivity index is 0.00000312. The quantitative estimate of drug-likeness (QED) is 0.210. The number of rotatable bonds is 9. The van der Waals surface area contributed by atoms with Gasteiger partial charge in [0.05, 0.1) is 0 Å². The summed E-state index contributed by atoms with van der Waals surface area (Å²) in [4.78, 5) is 18.9. The van der Waals surface area contributed by atoms with Gasteiger partial charge in [-0.15, -0.1) is 24.0 Å². The lowest BCUT2D eigenvalue weighted by atomic mass is 9.97. The normalized spacial score (nSPS) is 19.2. The molecule has 1 aliphatic carbocycles. The van der Waals surface area contributed by atoms with E-state index in [1.165, 1.54) is 38.9 Å². The number of aliphatic imine (C=N–C) groups is 1. The van der Waals surface area contributed by atoms with Crippen molar-refractivity contribution in [1.82, 2.24) is 20.9 Å². The highest BCUT2D eigenvalue weighted by atomic mass is 127. The van der Waals surface area contributed by atoms with Crippen molar-refractivity contribution < 1.29 is 4.79 Å². The molecule has 0 unspecified atom stereocenters. The summed E-state index contributed by atoms with van der Waals surface area (Å²) in [5.41, 5.74) is 0. The van der Waals surface area contributed by atoms with Gasteiger partial charge in [0, 0.05) is 32.1 Å². The summed E-state index contributed by atoms with van der Waals surface area (Å²) >= 11 is 0. The molecular weight excluding hydrogens is 429 g/mol. The van der Waals surface area contributed by atoms with E-state index in [0.29, 0.717) is 12.5 Å². The fraction of sp³-hybridized carbons (Fsp3) is 0.889. The number of halogens is 1. The maximum Gasteiger partial charge on any atom is 0.223 e. The molecule has 2 rings (SSSR count). The second kappa shape index (κ2) is 12.7. The van der Waals surface area contributed by atoms with Gasteiger partial charge in [-0.3, -0.25) is 9.79 Å². The summed E-state index contributed by atoms with van der Waals surface area (Å²) in [5, 5.41) is 9.58. The van der Waals surface area contributed by atoms with E-state index in [0.717, 1.165) is 38.4 Å². The Kier molecular flexibility index (Phi) is 11.4. The van der Waals surface area contributed by atoms with E-state index >= 15 is 0 Å². The average molecular weight is 465 g/mol. The molecule has 2 aliphatic rings. The average Bonchev–Trinajstić information content (AvgIpc) is 3.43. The second-order valence-corrected chi connectivity index (χ2v) is 7.00. The predicted octanol–water partition coefficient (Wildman–Crippen LogP) is 1.81. The summed E-state index contributed by atoms with van der Waals surface area (Å²) < 4.78 is 0. The highest BCUT2D eigenvalue weighted by Gasteiger charge is 2.28. The summed E-state index contributed by atoms with van der Waals surface area (Å²) in [7, 11) is 0. The molecule has 25 heavy (non-hydrogen) atoms. The van der Waals surface area contributed by atoms with E-state index in [9.17, 15) is 4.79 Å². The largest absolute Gasteiger partial charge is 0.357 e. The zero-order valence-electron chi connectivity index (χ0n) is 15.9. The van der Waals surface area contributed by atoms with E-state index in [1.807, 2.05) is 0 Å². The van der Waals surface area contributed by atoms with E-state index in [-0.39, 0.29) is 35.8 Å². The molecule has 1 amide bonds. The minimum absolute atomic E-state index is 0. The molecule has 0 bridgehead atoms. The van der Waals surface area contributed by atoms with Crippen LogP contribution in [0.25, 0.3) is 0 Å². The third-order valence-corrected chi connectivity index (χ3v) is 4.76. The SMILES string of the molecule is CCCN1CCC(CN=C(NCC)NCCNC(=O)C2CC2)CC1.I. The second-order valence-electron chi connectivity index (χ2n) is 7.00. The van der Waals surface area contributed by atoms with Crippen LogP contribution >= 0.6 is 24.0 Å². The molecule has 7 heteroatoms. The number of amides is 1. The minimum Gasteiger partial charge on any atom is -0.357 e. The van der Waals surface area contributed by atoms with Gasteiger partial charge in [0.2, 0.25) is 5.91 Å². The summed E-state index contributed by atoms with van der Waals surface area (Å²) in [6, 6.07) is 0. The number of nitrogens with zero attached hydrogens (tertiary/aromatic N) is 2. The summed E-state index contributed by atoms with van der Waals surface area (Å²) in [6.45, 7) is 11.1. The summed E-state index contributed by atoms with van der Waals surface area (Å²) in [6.07, 6.45) is 5.86. The Morgan fingerprint density at radius 3 is 2.32 bits per heavy atom. The molecule has 0 aromatic rings. The first-order valence-corrected chi connectivity index (χ1v) is 9.75. The number of piperidine rings is 1. The van der Waals surface area contributed by atoms with Gasteiger partial charge < -0.3 is 20.9 Å². The lowest BCUT2D eigenvalue weighted by Crippen LogP contribution is -2.42. The standard InChI is InChI=1S/C18H35N5O.HI/c1-3-11-23-12-7-15(8-13-23)14-22-18(19-4-2)21-10-9-20-17(24)16-5-6-16;/h15-16H,3-14H2,1-2H3,(H,20,24)(H2,19,21,22);1H. The highest BCUT2D eigenvalue weighted by molar-refractivity contribution is 14.0. The lowest BCUT2D eigenvalue weighted by molar-refractivity contribution is -0.122. The third-order valence-electron chi connectivity index (χ3n) is 4.76. The molecule has 0 aromatic heterocycles. The van der Waals surface area contributed by atoms with Crippen molar-refractivity contribution in [3.63, 3.8) is 0 Å². The van der Waals surface area contributed by atoms with E-state index in [2.05, 4.69) is 34.7 Å². The topological polar surface area (TPSA) is 68.8 Å². The van der Waals surface area contributed by atoms with Crippen molar-refractivity contribution in [2.45, 2.75) is 46.0 Å². The third kappa shape index (κ3) is 9.08. The van der Waals surface area contributed by atoms with Gasteiger partial charge in [0.1, 0.15) is 0 Å². The number of nitrogens with one attached hydrogen (secondary N) is 3. The number of hydrogen-bond donors (Lipinski definition) is 3. The first kappa shape index (κ1) is 22.5. The number of likely N-dealkylation sites (tertiary alicyclic amines) is 1. The van der Waals surface area contributed by atoms with Gasteiger partial charge in [-0.25, -0.2) is 0 Å². The van der Waals surface area contributed by atoms with Gasteiger partial charge in [0.15, 0.2) is 5.96 Å². The van der Waals surface area contributed by atoms with Crippen LogP contribution < -0.4 is 16.0 Å². The summed E-state index contributed by atoms with van der Waals surface area (Å²) in [5.74, 6) is 2.06. The van der Waals surface area contributed by atoms with Crippen LogP contribution in [0.1, 0.15) is 46.0 Å². The Morgan fingerprint density at radius 1 is 1.04 bits per heavy atom. The molecule has 2 fully saturated rings. The number of carbonyl (C=O) groups excluding carboxylic acids is 1.